The standard InChI is InChI=1S/C11H14F2N2O/c1-9-3-2-6-15(10(9)16)14-7-4-11(12,13)5-8-14/h2-3,6H,4-5,7-8H2,1H3. The molecule has 0 unspecified atom stereocenters. The van der Waals surface area contributed by atoms with Crippen molar-refractivity contribution in [3.63, 3.8) is 0 Å². The Balaban J connectivity index is 2.21. The smallest absolute Gasteiger partial charge is 0.271 e. The lowest BCUT2D eigenvalue weighted by Crippen LogP contribution is -2.49. The monoisotopic (exact) mass is 228 g/mol. The number of aromatic nitrogens is 1. The Hall–Kier alpha value is -1.39. The topological polar surface area (TPSA) is 25.2 Å². The lowest BCUT2D eigenvalue weighted by Gasteiger charge is -2.34. The lowest BCUT2D eigenvalue weighted by atomic mass is 10.1. The number of aryl methyl sites for hydroxylation is 1. The van der Waals surface area contributed by atoms with Crippen LogP contribution < -0.4 is 10.6 Å². The molecule has 1 aromatic heterocycles. The van der Waals surface area contributed by atoms with Gasteiger partial charge in [-0.15, -0.1) is 0 Å². The van der Waals surface area contributed by atoms with Gasteiger partial charge in [0, 0.05) is 37.7 Å². The lowest BCUT2D eigenvalue weighted by molar-refractivity contribution is -0.0260. The molecule has 1 saturated heterocycles. The molecule has 1 aliphatic rings. The van der Waals surface area contributed by atoms with Gasteiger partial charge in [-0.1, -0.05) is 6.07 Å². The zero-order valence-corrected chi connectivity index (χ0v) is 9.12. The fourth-order valence-electron chi connectivity index (χ4n) is 1.85. The quantitative estimate of drug-likeness (QED) is 0.728. The molecule has 0 radical (unpaired) electrons. The molecule has 0 bridgehead atoms. The zero-order valence-electron chi connectivity index (χ0n) is 9.12. The maximum atomic E-state index is 13.0. The third-order valence-corrected chi connectivity index (χ3v) is 2.89. The van der Waals surface area contributed by atoms with Crippen LogP contribution in [-0.2, 0) is 0 Å². The van der Waals surface area contributed by atoms with Gasteiger partial charge in [-0.2, -0.15) is 0 Å². The largest absolute Gasteiger partial charge is 0.310 e. The molecule has 5 heteroatoms. The molecular formula is C11H14F2N2O. The average molecular weight is 228 g/mol. The van der Waals surface area contributed by atoms with Gasteiger partial charge in [0.05, 0.1) is 0 Å². The van der Waals surface area contributed by atoms with Crippen LogP contribution in [0, 0.1) is 6.92 Å². The molecule has 2 heterocycles. The molecule has 0 amide bonds. The average Bonchev–Trinajstić information content (AvgIpc) is 2.23. The molecule has 0 N–H and O–H groups in total. The molecule has 0 saturated carbocycles. The van der Waals surface area contributed by atoms with Crippen LogP contribution in [0.15, 0.2) is 23.1 Å². The third kappa shape index (κ3) is 2.08. The first-order chi connectivity index (χ1) is 7.49. The minimum Gasteiger partial charge on any atom is -0.310 e. The first-order valence-corrected chi connectivity index (χ1v) is 5.31. The summed E-state index contributed by atoms with van der Waals surface area (Å²) in [7, 11) is 0. The van der Waals surface area contributed by atoms with Gasteiger partial charge in [0.2, 0.25) is 0 Å². The van der Waals surface area contributed by atoms with Crippen molar-refractivity contribution >= 4 is 0 Å². The Morgan fingerprint density at radius 3 is 2.56 bits per heavy atom. The van der Waals surface area contributed by atoms with E-state index in [1.54, 1.807) is 30.3 Å². The van der Waals surface area contributed by atoms with Crippen LogP contribution in [0.25, 0.3) is 0 Å². The van der Waals surface area contributed by atoms with Crippen LogP contribution in [0.2, 0.25) is 0 Å². The normalized spacial score (nSPS) is 19.8. The van der Waals surface area contributed by atoms with E-state index >= 15 is 0 Å². The Bertz CT molecular complexity index is 432. The van der Waals surface area contributed by atoms with Crippen LogP contribution in [-0.4, -0.2) is 23.7 Å². The molecular weight excluding hydrogens is 214 g/mol. The zero-order chi connectivity index (χ0) is 11.8. The summed E-state index contributed by atoms with van der Waals surface area (Å²) in [5.74, 6) is -2.58. The Kier molecular flexibility index (Phi) is 2.69. The highest BCUT2D eigenvalue weighted by molar-refractivity contribution is 5.10. The number of rotatable bonds is 1. The molecule has 3 nitrogen and oxygen atoms in total. The number of pyridine rings is 1. The van der Waals surface area contributed by atoms with E-state index in [2.05, 4.69) is 0 Å². The predicted molar refractivity (Wildman–Crippen MR) is 57.6 cm³/mol. The summed E-state index contributed by atoms with van der Waals surface area (Å²) in [6.07, 6.45) is 1.25. The third-order valence-electron chi connectivity index (χ3n) is 2.89. The highest BCUT2D eigenvalue weighted by atomic mass is 19.3. The van der Waals surface area contributed by atoms with Crippen LogP contribution in [0.4, 0.5) is 8.78 Å². The van der Waals surface area contributed by atoms with Crippen molar-refractivity contribution in [1.29, 1.82) is 0 Å². The number of alkyl halides is 2. The van der Waals surface area contributed by atoms with E-state index < -0.39 is 5.92 Å². The van der Waals surface area contributed by atoms with Crippen molar-refractivity contribution < 1.29 is 8.78 Å². The van der Waals surface area contributed by atoms with Crippen molar-refractivity contribution in [2.75, 3.05) is 18.1 Å². The van der Waals surface area contributed by atoms with Crippen LogP contribution in [0.5, 0.6) is 0 Å². The molecule has 2 rings (SSSR count). The maximum Gasteiger partial charge on any atom is 0.271 e. The summed E-state index contributed by atoms with van der Waals surface area (Å²) in [5, 5.41) is 1.67. The van der Waals surface area contributed by atoms with E-state index in [9.17, 15) is 13.6 Å². The first kappa shape index (κ1) is 11.1. The molecule has 0 spiro atoms. The van der Waals surface area contributed by atoms with E-state index in [1.807, 2.05) is 0 Å². The van der Waals surface area contributed by atoms with E-state index in [4.69, 9.17) is 0 Å². The van der Waals surface area contributed by atoms with Crippen molar-refractivity contribution in [1.82, 2.24) is 4.68 Å². The Morgan fingerprint density at radius 2 is 1.94 bits per heavy atom. The Morgan fingerprint density at radius 1 is 1.31 bits per heavy atom. The van der Waals surface area contributed by atoms with Crippen LogP contribution in [0.1, 0.15) is 18.4 Å². The number of halogens is 2. The number of hydrogen-bond acceptors (Lipinski definition) is 2. The van der Waals surface area contributed by atoms with Gasteiger partial charge < -0.3 is 5.01 Å². The van der Waals surface area contributed by atoms with Crippen LogP contribution >= 0.6 is 0 Å². The molecule has 1 aliphatic heterocycles. The summed E-state index contributed by atoms with van der Waals surface area (Å²) in [6.45, 7) is 2.16. The molecule has 1 aromatic rings. The second-order valence-electron chi connectivity index (χ2n) is 4.15. The predicted octanol–water partition coefficient (Wildman–Crippen LogP) is 1.52. The summed E-state index contributed by atoms with van der Waals surface area (Å²) in [5.41, 5.74) is 0.493. The van der Waals surface area contributed by atoms with Crippen molar-refractivity contribution in [3.05, 3.63) is 34.2 Å². The van der Waals surface area contributed by atoms with Crippen molar-refractivity contribution in [2.24, 2.45) is 0 Å². The molecule has 88 valence electrons. The molecule has 0 aromatic carbocycles. The summed E-state index contributed by atoms with van der Waals surface area (Å²) >= 11 is 0. The van der Waals surface area contributed by atoms with Gasteiger partial charge in [0.1, 0.15) is 0 Å². The number of piperidine rings is 1. The van der Waals surface area contributed by atoms with Gasteiger partial charge in [0.15, 0.2) is 0 Å². The second-order valence-corrected chi connectivity index (χ2v) is 4.15. The van der Waals surface area contributed by atoms with E-state index in [0.29, 0.717) is 5.56 Å². The number of hydrogen-bond donors (Lipinski definition) is 0. The van der Waals surface area contributed by atoms with Gasteiger partial charge >= 0.3 is 0 Å². The highest BCUT2D eigenvalue weighted by Crippen LogP contribution is 2.26. The highest BCUT2D eigenvalue weighted by Gasteiger charge is 2.34. The van der Waals surface area contributed by atoms with Gasteiger partial charge in [-0.05, 0) is 13.0 Å². The van der Waals surface area contributed by atoms with Gasteiger partial charge in [-0.25, -0.2) is 13.5 Å². The summed E-state index contributed by atoms with van der Waals surface area (Å²) in [6, 6.07) is 3.47. The minimum atomic E-state index is -2.58. The van der Waals surface area contributed by atoms with E-state index in [0.717, 1.165) is 0 Å². The summed E-state index contributed by atoms with van der Waals surface area (Å²) < 4.78 is 27.4. The van der Waals surface area contributed by atoms with Crippen LogP contribution in [0.3, 0.4) is 0 Å². The fraction of sp³-hybridized carbons (Fsp3) is 0.545. The van der Waals surface area contributed by atoms with E-state index in [1.165, 1.54) is 4.68 Å². The Labute approximate surface area is 92.3 Å². The molecule has 0 atom stereocenters. The van der Waals surface area contributed by atoms with Gasteiger partial charge in [-0.3, -0.25) is 4.79 Å². The summed E-state index contributed by atoms with van der Waals surface area (Å²) in [4.78, 5) is 11.8. The van der Waals surface area contributed by atoms with Crippen molar-refractivity contribution in [3.8, 4) is 0 Å². The van der Waals surface area contributed by atoms with Gasteiger partial charge in [0.25, 0.3) is 11.5 Å². The molecule has 0 aliphatic carbocycles. The van der Waals surface area contributed by atoms with E-state index in [-0.39, 0.29) is 31.5 Å². The number of nitrogens with zero attached hydrogens (tertiary/aromatic N) is 2. The molecule has 1 fully saturated rings. The van der Waals surface area contributed by atoms with Crippen molar-refractivity contribution in [2.45, 2.75) is 25.7 Å². The minimum absolute atomic E-state index is 0.132. The molecule has 16 heavy (non-hydrogen) atoms. The fourth-order valence-corrected chi connectivity index (χ4v) is 1.85. The SMILES string of the molecule is Cc1cccn(N2CCC(F)(F)CC2)c1=O. The maximum absolute atomic E-state index is 13.0. The first-order valence-electron chi connectivity index (χ1n) is 5.31. The second kappa shape index (κ2) is 3.88.